The molecule has 2 aromatic carbocycles. The van der Waals surface area contributed by atoms with Crippen LogP contribution in [0.2, 0.25) is 0 Å². The van der Waals surface area contributed by atoms with Crippen molar-refractivity contribution < 1.29 is 13.2 Å². The molecule has 23 heavy (non-hydrogen) atoms. The van der Waals surface area contributed by atoms with Crippen molar-refractivity contribution in [2.24, 2.45) is 0 Å². The largest absolute Gasteiger partial charge is 0.274 e. The number of rotatable bonds is 5. The lowest BCUT2D eigenvalue weighted by atomic mass is 10.2. The lowest BCUT2D eigenvalue weighted by Crippen LogP contribution is -2.40. The zero-order valence-corrected chi connectivity index (χ0v) is 14.0. The first-order chi connectivity index (χ1) is 10.5. The molecule has 0 fully saturated rings. The van der Waals surface area contributed by atoms with E-state index < -0.39 is 15.9 Å². The van der Waals surface area contributed by atoms with E-state index in [2.05, 4.69) is 10.3 Å². The third kappa shape index (κ3) is 5.86. The fourth-order valence-electron chi connectivity index (χ4n) is 1.67. The summed E-state index contributed by atoms with van der Waals surface area (Å²) >= 11 is 0. The molecule has 0 bridgehead atoms. The second kappa shape index (κ2) is 8.47. The van der Waals surface area contributed by atoms with Crippen molar-refractivity contribution in [3.8, 4) is 0 Å². The number of sulfonamides is 1. The number of hydrogen-bond donors (Lipinski definition) is 2. The van der Waals surface area contributed by atoms with E-state index >= 15 is 0 Å². The maximum absolute atomic E-state index is 12.0. The van der Waals surface area contributed by atoms with Gasteiger partial charge in [-0.2, -0.15) is 0 Å². The molecule has 2 aromatic rings. The molecule has 1 amide bonds. The molecule has 0 heterocycles. The summed E-state index contributed by atoms with van der Waals surface area (Å²) in [7, 11) is -3.77. The Morgan fingerprint density at radius 1 is 1.00 bits per heavy atom. The molecule has 2 rings (SSSR count). The highest BCUT2D eigenvalue weighted by Crippen LogP contribution is 2.09. The van der Waals surface area contributed by atoms with Gasteiger partial charge in [0.1, 0.15) is 0 Å². The quantitative estimate of drug-likeness (QED) is 0.641. The molecule has 0 spiro atoms. The Morgan fingerprint density at radius 3 is 2.22 bits per heavy atom. The van der Waals surface area contributed by atoms with Gasteiger partial charge in [0.15, 0.2) is 0 Å². The number of benzene rings is 2. The molecule has 0 aliphatic rings. The van der Waals surface area contributed by atoms with E-state index in [1.165, 1.54) is 18.2 Å². The van der Waals surface area contributed by atoms with Crippen LogP contribution in [0.1, 0.15) is 11.1 Å². The van der Waals surface area contributed by atoms with E-state index in [0.29, 0.717) is 0 Å². The number of amides is 1. The smallest absolute Gasteiger partial charge is 0.258 e. The number of hydrogen-bond acceptors (Lipinski definition) is 3. The van der Waals surface area contributed by atoms with E-state index in [1.807, 2.05) is 37.3 Å². The number of nitrogens with one attached hydrogen (secondary N) is 2. The minimum atomic E-state index is -3.77. The molecule has 0 radical (unpaired) electrons. The predicted octanol–water partition coefficient (Wildman–Crippen LogP) is 2.44. The lowest BCUT2D eigenvalue weighted by molar-refractivity contribution is -0.116. The van der Waals surface area contributed by atoms with Crippen LogP contribution >= 0.6 is 12.4 Å². The van der Waals surface area contributed by atoms with Crippen molar-refractivity contribution in [1.82, 2.24) is 10.3 Å². The Kier molecular flexibility index (Phi) is 6.96. The van der Waals surface area contributed by atoms with Crippen molar-refractivity contribution in [2.45, 2.75) is 11.8 Å². The minimum Gasteiger partial charge on any atom is -0.274 e. The average molecular weight is 353 g/mol. The molecule has 0 unspecified atom stereocenters. The van der Waals surface area contributed by atoms with Gasteiger partial charge in [-0.25, -0.2) is 8.42 Å². The van der Waals surface area contributed by atoms with E-state index in [-0.39, 0.29) is 17.3 Å². The topological polar surface area (TPSA) is 75.3 Å². The Balaban J connectivity index is 0.00000264. The molecule has 0 aromatic heterocycles. The number of aryl methyl sites for hydroxylation is 1. The van der Waals surface area contributed by atoms with Crippen molar-refractivity contribution in [3.63, 3.8) is 0 Å². The summed E-state index contributed by atoms with van der Waals surface area (Å²) in [6, 6.07) is 15.5. The molecule has 5 nitrogen and oxygen atoms in total. The molecule has 0 saturated carbocycles. The average Bonchev–Trinajstić information content (AvgIpc) is 2.52. The highest BCUT2D eigenvalue weighted by atomic mass is 35.5. The van der Waals surface area contributed by atoms with Crippen LogP contribution in [0.15, 0.2) is 65.6 Å². The van der Waals surface area contributed by atoms with Gasteiger partial charge in [0, 0.05) is 6.08 Å². The standard InChI is InChI=1S/C16H16N2O3S.ClH/c1-13-7-10-15(11-8-13)22(20,21)18-17-16(19)12-9-14-5-3-2-4-6-14;/h2-12,18H,1H3,(H,17,19);1H/b12-9+;. The van der Waals surface area contributed by atoms with E-state index in [0.717, 1.165) is 11.1 Å². The van der Waals surface area contributed by atoms with Crippen molar-refractivity contribution in [2.75, 3.05) is 0 Å². The van der Waals surface area contributed by atoms with Crippen LogP contribution in [0.25, 0.3) is 6.08 Å². The van der Waals surface area contributed by atoms with Gasteiger partial charge >= 0.3 is 0 Å². The number of hydrazine groups is 1. The van der Waals surface area contributed by atoms with Gasteiger partial charge in [-0.1, -0.05) is 48.0 Å². The van der Waals surface area contributed by atoms with Gasteiger partial charge in [0.2, 0.25) is 0 Å². The predicted molar refractivity (Wildman–Crippen MR) is 92.4 cm³/mol. The first-order valence-electron chi connectivity index (χ1n) is 6.59. The number of halogens is 1. The van der Waals surface area contributed by atoms with Crippen LogP contribution in [-0.4, -0.2) is 14.3 Å². The summed E-state index contributed by atoms with van der Waals surface area (Å²) in [6.45, 7) is 1.86. The first-order valence-corrected chi connectivity index (χ1v) is 8.07. The number of carbonyl (C=O) groups is 1. The summed E-state index contributed by atoms with van der Waals surface area (Å²) in [4.78, 5) is 13.8. The minimum absolute atomic E-state index is 0. The summed E-state index contributed by atoms with van der Waals surface area (Å²) in [6.07, 6.45) is 2.85. The molecule has 2 N–H and O–H groups in total. The van der Waals surface area contributed by atoms with Crippen LogP contribution < -0.4 is 10.3 Å². The molecular weight excluding hydrogens is 336 g/mol. The monoisotopic (exact) mass is 352 g/mol. The SMILES string of the molecule is Cc1ccc(S(=O)(=O)NNC(=O)/C=C/c2ccccc2)cc1.Cl. The summed E-state index contributed by atoms with van der Waals surface area (Å²) < 4.78 is 23.9. The van der Waals surface area contributed by atoms with Gasteiger partial charge < -0.3 is 0 Å². The first kappa shape index (κ1) is 18.9. The second-order valence-electron chi connectivity index (χ2n) is 4.65. The fourth-order valence-corrected chi connectivity index (χ4v) is 2.52. The molecular formula is C16H17ClN2O3S. The maximum atomic E-state index is 12.0. The van der Waals surface area contributed by atoms with Crippen molar-refractivity contribution in [3.05, 3.63) is 71.8 Å². The van der Waals surface area contributed by atoms with Gasteiger partial charge in [-0.15, -0.1) is 17.2 Å². The van der Waals surface area contributed by atoms with Gasteiger partial charge in [0.05, 0.1) is 4.90 Å². The second-order valence-corrected chi connectivity index (χ2v) is 6.33. The van der Waals surface area contributed by atoms with Gasteiger partial charge in [0.25, 0.3) is 15.9 Å². The zero-order valence-electron chi connectivity index (χ0n) is 12.4. The lowest BCUT2D eigenvalue weighted by Gasteiger charge is -2.07. The van der Waals surface area contributed by atoms with Crippen LogP contribution in [0.3, 0.4) is 0 Å². The van der Waals surface area contributed by atoms with Crippen molar-refractivity contribution in [1.29, 1.82) is 0 Å². The van der Waals surface area contributed by atoms with Crippen LogP contribution in [0, 0.1) is 6.92 Å². The number of carbonyl (C=O) groups excluding carboxylic acids is 1. The molecule has 0 aliphatic carbocycles. The highest BCUT2D eigenvalue weighted by Gasteiger charge is 2.13. The molecule has 122 valence electrons. The third-order valence-electron chi connectivity index (χ3n) is 2.87. The van der Waals surface area contributed by atoms with Crippen LogP contribution in [0.5, 0.6) is 0 Å². The molecule has 0 saturated heterocycles. The van der Waals surface area contributed by atoms with Crippen molar-refractivity contribution >= 4 is 34.4 Å². The highest BCUT2D eigenvalue weighted by molar-refractivity contribution is 7.89. The Hall–Kier alpha value is -2.15. The van der Waals surface area contributed by atoms with Crippen LogP contribution in [-0.2, 0) is 14.8 Å². The normalized spacial score (nSPS) is 11.0. The van der Waals surface area contributed by atoms with Crippen LogP contribution in [0.4, 0.5) is 0 Å². The van der Waals surface area contributed by atoms with E-state index in [1.54, 1.807) is 18.2 Å². The summed E-state index contributed by atoms with van der Waals surface area (Å²) in [5, 5.41) is 0. The Labute approximate surface area is 141 Å². The Morgan fingerprint density at radius 2 is 1.61 bits per heavy atom. The molecule has 7 heteroatoms. The Bertz CT molecular complexity index is 773. The van der Waals surface area contributed by atoms with E-state index in [9.17, 15) is 13.2 Å². The third-order valence-corrected chi connectivity index (χ3v) is 4.13. The van der Waals surface area contributed by atoms with E-state index in [4.69, 9.17) is 0 Å². The summed E-state index contributed by atoms with van der Waals surface area (Å²) in [5.41, 5.74) is 3.94. The van der Waals surface area contributed by atoms with Gasteiger partial charge in [-0.05, 0) is 30.7 Å². The maximum Gasteiger partial charge on any atom is 0.258 e. The fraction of sp³-hybridized carbons (Fsp3) is 0.0625. The molecule has 0 atom stereocenters. The zero-order chi connectivity index (χ0) is 16.0. The summed E-state index contributed by atoms with van der Waals surface area (Å²) in [5.74, 6) is -0.556. The van der Waals surface area contributed by atoms with Gasteiger partial charge in [-0.3, -0.25) is 10.2 Å². The molecule has 0 aliphatic heterocycles.